The first-order valence-electron chi connectivity index (χ1n) is 4.58. The topological polar surface area (TPSA) is 41.8 Å². The van der Waals surface area contributed by atoms with Gasteiger partial charge < -0.3 is 10.7 Å². The highest BCUT2D eigenvalue weighted by Crippen LogP contribution is 2.17. The molecule has 0 amide bonds. The predicted octanol–water partition coefficient (Wildman–Crippen LogP) is 1.67. The normalized spacial score (nSPS) is 11.9. The Morgan fingerprint density at radius 2 is 2.42 bits per heavy atom. The number of nitrogens with two attached hydrogens (primary N) is 1. The summed E-state index contributed by atoms with van der Waals surface area (Å²) < 4.78 is 7.65. The van der Waals surface area contributed by atoms with Crippen molar-refractivity contribution >= 4 is 10.9 Å². The number of hydrogen-bond acceptors (Lipinski definition) is 1. The Kier molecular flexibility index (Phi) is 1.56. The van der Waals surface area contributed by atoms with Gasteiger partial charge in [-0.2, -0.15) is 0 Å². The molecule has 0 bridgehead atoms. The molecule has 0 saturated heterocycles. The second kappa shape index (κ2) is 2.99. The maximum absolute atomic E-state index is 7.65. The van der Waals surface area contributed by atoms with Gasteiger partial charge in [-0.25, -0.2) is 0 Å². The lowest BCUT2D eigenvalue weighted by atomic mass is 10.1. The molecule has 2 nitrogen and oxygen atoms in total. The first-order chi connectivity index (χ1) is 6.33. The Morgan fingerprint density at radius 3 is 3.25 bits per heavy atom. The van der Waals surface area contributed by atoms with Crippen LogP contribution < -0.4 is 5.73 Å². The number of para-hydroxylation sites is 1. The lowest BCUT2D eigenvalue weighted by Gasteiger charge is -1.93. The van der Waals surface area contributed by atoms with Gasteiger partial charge in [0.05, 0.1) is 1.37 Å². The van der Waals surface area contributed by atoms with Crippen LogP contribution in [0.1, 0.15) is 6.93 Å². The molecule has 62 valence electrons. The smallest absolute Gasteiger partial charge is 0.0645 e. The van der Waals surface area contributed by atoms with E-state index in [4.69, 9.17) is 7.10 Å². The van der Waals surface area contributed by atoms with Crippen LogP contribution in [0.15, 0.2) is 30.4 Å². The Labute approximate surface area is 72.8 Å². The molecule has 0 saturated carbocycles. The van der Waals surface area contributed by atoms with Crippen molar-refractivity contribution in [3.8, 4) is 0 Å². The Morgan fingerprint density at radius 1 is 1.50 bits per heavy atom. The number of benzene rings is 1. The van der Waals surface area contributed by atoms with Crippen molar-refractivity contribution in [3.63, 3.8) is 0 Å². The summed E-state index contributed by atoms with van der Waals surface area (Å²) in [4.78, 5) is 3.10. The second-order valence-corrected chi connectivity index (χ2v) is 2.81. The predicted molar refractivity (Wildman–Crippen MR) is 51.1 cm³/mol. The molecule has 0 aliphatic rings. The lowest BCUT2D eigenvalue weighted by molar-refractivity contribution is 0.976. The zero-order valence-electron chi connectivity index (χ0n) is 7.80. The Balaban J connectivity index is 2.61. The quantitative estimate of drug-likeness (QED) is 0.691. The fourth-order valence-electron chi connectivity index (χ4n) is 1.42. The molecular weight excluding hydrogens is 148 g/mol. The van der Waals surface area contributed by atoms with Crippen LogP contribution >= 0.6 is 0 Å². The molecule has 0 radical (unpaired) electrons. The SMILES string of the molecule is [2H]c1cccc2c(CCN)c[nH]c12. The minimum atomic E-state index is 0.542. The minimum Gasteiger partial charge on any atom is -0.361 e. The molecule has 0 spiro atoms. The van der Waals surface area contributed by atoms with Crippen molar-refractivity contribution in [1.29, 1.82) is 0 Å². The molecule has 3 N–H and O–H groups in total. The largest absolute Gasteiger partial charge is 0.361 e. The number of nitrogens with one attached hydrogen (secondary N) is 1. The van der Waals surface area contributed by atoms with Gasteiger partial charge in [-0.15, -0.1) is 0 Å². The first kappa shape index (κ1) is 6.26. The van der Waals surface area contributed by atoms with E-state index in [2.05, 4.69) is 4.98 Å². The van der Waals surface area contributed by atoms with E-state index in [1.807, 2.05) is 18.3 Å². The summed E-state index contributed by atoms with van der Waals surface area (Å²) in [6.45, 7) is 0.648. The van der Waals surface area contributed by atoms with Crippen LogP contribution in [0, 0.1) is 0 Å². The van der Waals surface area contributed by atoms with Crippen molar-refractivity contribution in [2.24, 2.45) is 5.73 Å². The van der Waals surface area contributed by atoms with Gasteiger partial charge in [-0.1, -0.05) is 18.2 Å². The highest BCUT2D eigenvalue weighted by Gasteiger charge is 1.99. The first-order valence-corrected chi connectivity index (χ1v) is 4.08. The third kappa shape index (κ3) is 1.10. The second-order valence-electron chi connectivity index (χ2n) is 2.81. The highest BCUT2D eigenvalue weighted by atomic mass is 14.7. The van der Waals surface area contributed by atoms with E-state index in [0.29, 0.717) is 12.6 Å². The highest BCUT2D eigenvalue weighted by molar-refractivity contribution is 5.82. The van der Waals surface area contributed by atoms with Crippen LogP contribution in [0.2, 0.25) is 0 Å². The summed E-state index contributed by atoms with van der Waals surface area (Å²) in [5.74, 6) is 0. The van der Waals surface area contributed by atoms with E-state index in [1.54, 1.807) is 6.07 Å². The Hall–Kier alpha value is -1.28. The molecule has 0 atom stereocenters. The standard InChI is InChI=1S/C10H12N2/c11-6-5-8-7-12-10-4-2-1-3-9(8)10/h1-4,7,12H,5-6,11H2/i4D. The van der Waals surface area contributed by atoms with Crippen LogP contribution in [-0.2, 0) is 6.42 Å². The number of hydrogen-bond donors (Lipinski definition) is 2. The summed E-state index contributed by atoms with van der Waals surface area (Å²) >= 11 is 0. The molecule has 0 aliphatic carbocycles. The summed E-state index contributed by atoms with van der Waals surface area (Å²) in [6.07, 6.45) is 2.80. The molecule has 2 rings (SSSR count). The minimum absolute atomic E-state index is 0.542. The van der Waals surface area contributed by atoms with E-state index >= 15 is 0 Å². The van der Waals surface area contributed by atoms with E-state index in [9.17, 15) is 0 Å². The van der Waals surface area contributed by atoms with Gasteiger partial charge in [0.25, 0.3) is 0 Å². The van der Waals surface area contributed by atoms with Gasteiger partial charge in [0, 0.05) is 17.1 Å². The average Bonchev–Trinajstić information content (AvgIpc) is 2.51. The van der Waals surface area contributed by atoms with Gasteiger partial charge in [0.1, 0.15) is 0 Å². The summed E-state index contributed by atoms with van der Waals surface area (Å²) in [6, 6.07) is 6.25. The molecule has 1 heterocycles. The molecular formula is C10H12N2. The molecule has 0 fully saturated rings. The van der Waals surface area contributed by atoms with Crippen LogP contribution in [0.5, 0.6) is 0 Å². The van der Waals surface area contributed by atoms with Gasteiger partial charge >= 0.3 is 0 Å². The van der Waals surface area contributed by atoms with E-state index < -0.39 is 0 Å². The van der Waals surface area contributed by atoms with E-state index in [1.165, 1.54) is 5.56 Å². The van der Waals surface area contributed by atoms with Crippen molar-refractivity contribution in [2.75, 3.05) is 6.54 Å². The molecule has 0 aliphatic heterocycles. The number of aromatic nitrogens is 1. The molecule has 0 unspecified atom stereocenters. The lowest BCUT2D eigenvalue weighted by Crippen LogP contribution is -2.01. The average molecular weight is 161 g/mol. The van der Waals surface area contributed by atoms with Crippen LogP contribution in [0.4, 0.5) is 0 Å². The van der Waals surface area contributed by atoms with Crippen molar-refractivity contribution in [3.05, 3.63) is 36.0 Å². The third-order valence-corrected chi connectivity index (χ3v) is 2.01. The molecule has 12 heavy (non-hydrogen) atoms. The summed E-state index contributed by atoms with van der Waals surface area (Å²) in [7, 11) is 0. The number of H-pyrrole nitrogens is 1. The van der Waals surface area contributed by atoms with Crippen molar-refractivity contribution in [2.45, 2.75) is 6.42 Å². The molecule has 2 aromatic rings. The monoisotopic (exact) mass is 161 g/mol. The van der Waals surface area contributed by atoms with E-state index in [0.717, 1.165) is 17.3 Å². The molecule has 1 aromatic carbocycles. The fourth-order valence-corrected chi connectivity index (χ4v) is 1.42. The fraction of sp³-hybridized carbons (Fsp3) is 0.200. The van der Waals surface area contributed by atoms with Crippen molar-refractivity contribution < 1.29 is 1.37 Å². The zero-order chi connectivity index (χ0) is 9.26. The van der Waals surface area contributed by atoms with Gasteiger partial charge in [-0.05, 0) is 24.6 Å². The van der Waals surface area contributed by atoms with Gasteiger partial charge in [0.2, 0.25) is 0 Å². The van der Waals surface area contributed by atoms with Gasteiger partial charge in [0.15, 0.2) is 0 Å². The molecule has 1 aromatic heterocycles. The van der Waals surface area contributed by atoms with Crippen LogP contribution in [0.25, 0.3) is 10.9 Å². The third-order valence-electron chi connectivity index (χ3n) is 2.01. The van der Waals surface area contributed by atoms with Crippen LogP contribution in [0.3, 0.4) is 0 Å². The maximum atomic E-state index is 7.65. The maximum Gasteiger partial charge on any atom is 0.0645 e. The van der Waals surface area contributed by atoms with Crippen molar-refractivity contribution in [1.82, 2.24) is 4.98 Å². The van der Waals surface area contributed by atoms with E-state index in [-0.39, 0.29) is 0 Å². The number of rotatable bonds is 2. The summed E-state index contributed by atoms with van der Waals surface area (Å²) in [5, 5.41) is 1.12. The van der Waals surface area contributed by atoms with Crippen LogP contribution in [-0.4, -0.2) is 11.5 Å². The Bertz CT molecular complexity index is 420. The molecule has 2 heteroatoms. The zero-order valence-corrected chi connectivity index (χ0v) is 6.80. The summed E-state index contributed by atoms with van der Waals surface area (Å²) in [5.41, 5.74) is 7.60. The van der Waals surface area contributed by atoms with Gasteiger partial charge in [-0.3, -0.25) is 0 Å². The number of aromatic amines is 1. The number of fused-ring (bicyclic) bond motifs is 1.